The van der Waals surface area contributed by atoms with Crippen LogP contribution >= 0.6 is 0 Å². The molecule has 3 rings (SSSR count). The minimum absolute atomic E-state index is 0.0232. The van der Waals surface area contributed by atoms with E-state index in [1.165, 1.54) is 13.0 Å². The summed E-state index contributed by atoms with van der Waals surface area (Å²) >= 11 is 0. The lowest BCUT2D eigenvalue weighted by molar-refractivity contribution is -0.274. The highest BCUT2D eigenvalue weighted by atomic mass is 19.4. The van der Waals surface area contributed by atoms with E-state index in [-0.39, 0.29) is 34.1 Å². The number of carbonyl (C=O) groups excluding carboxylic acids is 1. The molecule has 1 aromatic heterocycles. The number of phenolic OH excluding ortho intramolecular Hbond substituents is 1. The van der Waals surface area contributed by atoms with Crippen LogP contribution in [0.25, 0.3) is 10.9 Å². The summed E-state index contributed by atoms with van der Waals surface area (Å²) in [5.74, 6) is -5.28. The van der Waals surface area contributed by atoms with Crippen LogP contribution in [0.2, 0.25) is 0 Å². The summed E-state index contributed by atoms with van der Waals surface area (Å²) in [7, 11) is 0. The topological polar surface area (TPSA) is 88.8 Å². The first kappa shape index (κ1) is 24.1. The number of hydrogen-bond acceptors (Lipinski definition) is 4. The number of benzene rings is 2. The fourth-order valence-corrected chi connectivity index (χ4v) is 3.90. The van der Waals surface area contributed by atoms with Crippen molar-refractivity contribution < 1.29 is 42.1 Å². The maximum Gasteiger partial charge on any atom is 0.573 e. The van der Waals surface area contributed by atoms with Crippen LogP contribution in [0.15, 0.2) is 36.4 Å². The van der Waals surface area contributed by atoms with Crippen molar-refractivity contribution in [3.05, 3.63) is 59.0 Å². The van der Waals surface area contributed by atoms with Gasteiger partial charge in [0.2, 0.25) is 0 Å². The number of carbonyl (C=O) groups is 2. The van der Waals surface area contributed by atoms with E-state index in [4.69, 9.17) is 0 Å². The second kappa shape index (κ2) is 9.13. The van der Waals surface area contributed by atoms with Crippen LogP contribution in [0.3, 0.4) is 0 Å². The first-order valence-corrected chi connectivity index (χ1v) is 10.1. The van der Waals surface area contributed by atoms with Crippen LogP contribution in [0.1, 0.15) is 53.7 Å². The Morgan fingerprint density at radius 2 is 1.76 bits per heavy atom. The summed E-state index contributed by atoms with van der Waals surface area (Å²) in [5, 5.41) is 19.5. The maximum absolute atomic E-state index is 15.0. The molecule has 1 heterocycles. The van der Waals surface area contributed by atoms with E-state index in [2.05, 4.69) is 4.74 Å². The first-order valence-electron chi connectivity index (χ1n) is 10.1. The minimum Gasteiger partial charge on any atom is -0.505 e. The number of carboxylic acid groups (broad SMARTS) is 1. The Kier molecular flexibility index (Phi) is 6.66. The Labute approximate surface area is 186 Å². The summed E-state index contributed by atoms with van der Waals surface area (Å²) in [6.45, 7) is 3.34. The predicted octanol–water partition coefficient (Wildman–Crippen LogP) is 5.74. The Morgan fingerprint density at radius 1 is 1.12 bits per heavy atom. The largest absolute Gasteiger partial charge is 0.573 e. The van der Waals surface area contributed by atoms with Gasteiger partial charge in [-0.3, -0.25) is 14.2 Å². The van der Waals surface area contributed by atoms with Crippen LogP contribution in [0.4, 0.5) is 17.6 Å². The molecule has 176 valence electrons. The molecule has 0 aliphatic carbocycles. The molecule has 0 saturated carbocycles. The molecule has 0 saturated heterocycles. The number of rotatable bonds is 7. The van der Waals surface area contributed by atoms with Crippen molar-refractivity contribution in [2.45, 2.75) is 45.4 Å². The van der Waals surface area contributed by atoms with Crippen molar-refractivity contribution in [1.29, 1.82) is 0 Å². The van der Waals surface area contributed by atoms with E-state index in [0.29, 0.717) is 12.8 Å². The zero-order chi connectivity index (χ0) is 24.5. The number of hydrogen-bond donors (Lipinski definition) is 2. The van der Waals surface area contributed by atoms with E-state index in [0.717, 1.165) is 34.9 Å². The van der Waals surface area contributed by atoms with Crippen molar-refractivity contribution in [3.63, 3.8) is 0 Å². The number of unbranched alkanes of at least 4 members (excludes halogenated alkanes) is 1. The van der Waals surface area contributed by atoms with Gasteiger partial charge < -0.3 is 14.9 Å². The molecule has 0 radical (unpaired) electrons. The summed E-state index contributed by atoms with van der Waals surface area (Å²) in [6, 6.07) is 6.52. The van der Waals surface area contributed by atoms with E-state index in [9.17, 15) is 37.4 Å². The number of aromatic hydroxyl groups is 1. The molecule has 0 bridgehead atoms. The van der Waals surface area contributed by atoms with Gasteiger partial charge >= 0.3 is 12.3 Å². The molecule has 6 nitrogen and oxygen atoms in total. The van der Waals surface area contributed by atoms with Crippen LogP contribution in [-0.2, 0) is 4.79 Å². The molecule has 0 spiro atoms. The Morgan fingerprint density at radius 3 is 2.30 bits per heavy atom. The quantitative estimate of drug-likeness (QED) is 0.433. The van der Waals surface area contributed by atoms with Crippen molar-refractivity contribution in [1.82, 2.24) is 4.57 Å². The van der Waals surface area contributed by atoms with Gasteiger partial charge in [-0.1, -0.05) is 19.8 Å². The lowest BCUT2D eigenvalue weighted by atomic mass is 9.91. The van der Waals surface area contributed by atoms with Gasteiger partial charge in [-0.25, -0.2) is 4.39 Å². The van der Waals surface area contributed by atoms with E-state index in [1.807, 2.05) is 6.92 Å². The summed E-state index contributed by atoms with van der Waals surface area (Å²) in [6.07, 6.45) is -3.46. The highest BCUT2D eigenvalue weighted by molar-refractivity contribution is 6.05. The van der Waals surface area contributed by atoms with E-state index in [1.54, 1.807) is 0 Å². The molecule has 0 amide bonds. The van der Waals surface area contributed by atoms with Gasteiger partial charge in [0.25, 0.3) is 5.91 Å². The molecule has 1 unspecified atom stereocenters. The second-order valence-corrected chi connectivity index (χ2v) is 7.54. The molecule has 0 aliphatic heterocycles. The monoisotopic (exact) mass is 467 g/mol. The normalized spacial score (nSPS) is 12.7. The molecule has 3 aromatic rings. The van der Waals surface area contributed by atoms with Gasteiger partial charge in [-0.2, -0.15) is 0 Å². The number of aliphatic carboxylic acids is 1. The Hall–Kier alpha value is -3.56. The number of alkyl halides is 3. The standard InChI is InChI=1S/C23H21F4NO5/c1-3-4-5-15(22(31)32)18-12(2)28(16-10-11-17(29)20(24)19(16)18)21(30)13-6-8-14(9-7-13)33-23(25,26)27/h6-11,15,29H,3-5H2,1-2H3,(H,31,32). The van der Waals surface area contributed by atoms with E-state index < -0.39 is 41.5 Å². The SMILES string of the molecule is CCCCC(C(=O)O)c1c(C)n(C(=O)c2ccc(OC(F)(F)F)cc2)c2ccc(O)c(F)c12. The average Bonchev–Trinajstić information content (AvgIpc) is 3.02. The zero-order valence-corrected chi connectivity index (χ0v) is 17.7. The molecular weight excluding hydrogens is 446 g/mol. The Bertz CT molecular complexity index is 1200. The van der Waals surface area contributed by atoms with Crippen LogP contribution < -0.4 is 4.74 Å². The minimum atomic E-state index is -4.89. The number of nitrogens with zero attached hydrogens (tertiary/aromatic N) is 1. The third kappa shape index (κ3) is 4.79. The number of carboxylic acids is 1. The van der Waals surface area contributed by atoms with Crippen molar-refractivity contribution in [3.8, 4) is 11.5 Å². The van der Waals surface area contributed by atoms with Gasteiger partial charge in [0, 0.05) is 16.6 Å². The second-order valence-electron chi connectivity index (χ2n) is 7.54. The molecule has 0 aliphatic rings. The van der Waals surface area contributed by atoms with Gasteiger partial charge in [0.05, 0.1) is 11.4 Å². The highest BCUT2D eigenvalue weighted by Gasteiger charge is 2.32. The van der Waals surface area contributed by atoms with Gasteiger partial charge in [-0.05, 0) is 55.3 Å². The number of ether oxygens (including phenoxy) is 1. The lowest BCUT2D eigenvalue weighted by Crippen LogP contribution is -2.18. The van der Waals surface area contributed by atoms with Crippen LogP contribution in [-0.4, -0.2) is 33.0 Å². The number of phenols is 1. The van der Waals surface area contributed by atoms with Crippen LogP contribution in [0, 0.1) is 12.7 Å². The summed E-state index contributed by atoms with van der Waals surface area (Å²) < 4.78 is 57.1. The zero-order valence-electron chi connectivity index (χ0n) is 17.7. The third-order valence-electron chi connectivity index (χ3n) is 5.37. The molecule has 33 heavy (non-hydrogen) atoms. The molecule has 10 heteroatoms. The molecule has 1 atom stereocenters. The predicted molar refractivity (Wildman–Crippen MR) is 111 cm³/mol. The van der Waals surface area contributed by atoms with E-state index >= 15 is 0 Å². The number of aromatic nitrogens is 1. The fourth-order valence-electron chi connectivity index (χ4n) is 3.90. The molecule has 2 N–H and O–H groups in total. The smallest absolute Gasteiger partial charge is 0.505 e. The summed E-state index contributed by atoms with van der Waals surface area (Å²) in [5.41, 5.74) is 0.259. The molecule has 0 fully saturated rings. The maximum atomic E-state index is 15.0. The van der Waals surface area contributed by atoms with Gasteiger partial charge in [0.15, 0.2) is 11.6 Å². The van der Waals surface area contributed by atoms with Gasteiger partial charge in [0.1, 0.15) is 5.75 Å². The van der Waals surface area contributed by atoms with Crippen molar-refractivity contribution in [2.24, 2.45) is 0 Å². The lowest BCUT2D eigenvalue weighted by Gasteiger charge is -2.14. The first-order chi connectivity index (χ1) is 15.5. The van der Waals surface area contributed by atoms with Crippen LogP contribution in [0.5, 0.6) is 11.5 Å². The Balaban J connectivity index is 2.17. The molecule has 2 aromatic carbocycles. The van der Waals surface area contributed by atoms with Crippen molar-refractivity contribution in [2.75, 3.05) is 0 Å². The average molecular weight is 467 g/mol. The fraction of sp³-hybridized carbons (Fsp3) is 0.304. The third-order valence-corrected chi connectivity index (χ3v) is 5.37. The number of fused-ring (bicyclic) bond motifs is 1. The van der Waals surface area contributed by atoms with Gasteiger partial charge in [-0.15, -0.1) is 13.2 Å². The summed E-state index contributed by atoms with van der Waals surface area (Å²) in [4.78, 5) is 25.3. The highest BCUT2D eigenvalue weighted by Crippen LogP contribution is 2.39. The molecular formula is C23H21F4NO5. The van der Waals surface area contributed by atoms with Crippen molar-refractivity contribution >= 4 is 22.8 Å². The number of halogens is 4.